The molecule has 8 nitrogen and oxygen atoms in total. The molecule has 8 heteroatoms. The van der Waals surface area contributed by atoms with Crippen molar-refractivity contribution in [3.05, 3.63) is 72.1 Å². The maximum absolute atomic E-state index is 12.6. The number of hydrogen-bond acceptors (Lipinski definition) is 6. The van der Waals surface area contributed by atoms with Crippen LogP contribution < -0.4 is 14.8 Å². The lowest BCUT2D eigenvalue weighted by Gasteiger charge is -2.18. The SMILES string of the molecule is CC(C)n1cnc2c(OCc3ccc(OCC(C)(C)C)cc3)nc(NC(=O)Cc3ccccc3)nc21. The summed E-state index contributed by atoms with van der Waals surface area (Å²) >= 11 is 0. The number of amides is 1. The highest BCUT2D eigenvalue weighted by molar-refractivity contribution is 5.91. The second-order valence-corrected chi connectivity index (χ2v) is 10.3. The highest BCUT2D eigenvalue weighted by Gasteiger charge is 2.18. The van der Waals surface area contributed by atoms with Crippen molar-refractivity contribution in [3.8, 4) is 11.6 Å². The van der Waals surface area contributed by atoms with Crippen molar-refractivity contribution in [2.75, 3.05) is 11.9 Å². The Balaban J connectivity index is 1.51. The van der Waals surface area contributed by atoms with Crippen molar-refractivity contribution in [2.45, 2.75) is 53.7 Å². The van der Waals surface area contributed by atoms with Gasteiger partial charge in [0, 0.05) is 6.04 Å². The van der Waals surface area contributed by atoms with E-state index in [2.05, 4.69) is 41.0 Å². The predicted octanol–water partition coefficient (Wildman–Crippen LogP) is 5.59. The van der Waals surface area contributed by atoms with Crippen LogP contribution in [0.5, 0.6) is 11.6 Å². The summed E-state index contributed by atoms with van der Waals surface area (Å²) in [6.45, 7) is 11.4. The molecule has 0 atom stereocenters. The number of fused-ring (bicyclic) bond motifs is 1. The number of benzene rings is 2. The number of carbonyl (C=O) groups excluding carboxylic acids is 1. The van der Waals surface area contributed by atoms with Crippen molar-refractivity contribution in [1.29, 1.82) is 0 Å². The van der Waals surface area contributed by atoms with Gasteiger partial charge in [0.1, 0.15) is 12.4 Å². The maximum atomic E-state index is 12.6. The van der Waals surface area contributed by atoms with Gasteiger partial charge in [-0.15, -0.1) is 0 Å². The summed E-state index contributed by atoms with van der Waals surface area (Å²) in [6.07, 6.45) is 1.94. The molecule has 0 aliphatic heterocycles. The molecule has 36 heavy (non-hydrogen) atoms. The van der Waals surface area contributed by atoms with Gasteiger partial charge in [-0.25, -0.2) is 4.98 Å². The summed E-state index contributed by atoms with van der Waals surface area (Å²) in [5, 5.41) is 2.81. The molecule has 1 N–H and O–H groups in total. The molecule has 2 aromatic carbocycles. The molecule has 2 heterocycles. The molecule has 0 aliphatic carbocycles. The van der Waals surface area contributed by atoms with Crippen LogP contribution >= 0.6 is 0 Å². The van der Waals surface area contributed by atoms with Crippen LogP contribution in [0.1, 0.15) is 51.8 Å². The number of nitrogens with one attached hydrogen (secondary N) is 1. The second-order valence-electron chi connectivity index (χ2n) is 10.3. The fourth-order valence-electron chi connectivity index (χ4n) is 3.51. The summed E-state index contributed by atoms with van der Waals surface area (Å²) in [5.74, 6) is 1.12. The lowest BCUT2D eigenvalue weighted by atomic mass is 9.99. The van der Waals surface area contributed by atoms with Gasteiger partial charge in [-0.05, 0) is 42.5 Å². The average Bonchev–Trinajstić information content (AvgIpc) is 3.26. The lowest BCUT2D eigenvalue weighted by molar-refractivity contribution is -0.115. The first-order chi connectivity index (χ1) is 17.2. The van der Waals surface area contributed by atoms with Gasteiger partial charge in [0.05, 0.1) is 19.4 Å². The van der Waals surface area contributed by atoms with Gasteiger partial charge in [-0.2, -0.15) is 9.97 Å². The normalized spacial score (nSPS) is 11.6. The fraction of sp³-hybridized carbons (Fsp3) is 0.357. The average molecular weight is 488 g/mol. The van der Waals surface area contributed by atoms with Gasteiger partial charge in [0.2, 0.25) is 17.7 Å². The monoisotopic (exact) mass is 487 g/mol. The Morgan fingerprint density at radius 2 is 1.69 bits per heavy atom. The molecule has 0 bridgehead atoms. The lowest BCUT2D eigenvalue weighted by Crippen LogP contribution is -2.17. The van der Waals surface area contributed by atoms with Gasteiger partial charge in [-0.3, -0.25) is 10.1 Å². The zero-order valence-corrected chi connectivity index (χ0v) is 21.5. The first-order valence-corrected chi connectivity index (χ1v) is 12.1. The van der Waals surface area contributed by atoms with E-state index in [0.29, 0.717) is 23.7 Å². The van der Waals surface area contributed by atoms with Crippen LogP contribution in [0.15, 0.2) is 60.9 Å². The summed E-state index contributed by atoms with van der Waals surface area (Å²) in [4.78, 5) is 26.2. The molecule has 0 saturated heterocycles. The van der Waals surface area contributed by atoms with E-state index in [1.807, 2.05) is 73.0 Å². The summed E-state index contributed by atoms with van der Waals surface area (Å²) in [5.41, 5.74) is 3.12. The molecule has 0 aliphatic rings. The molecule has 0 radical (unpaired) electrons. The number of aromatic nitrogens is 4. The van der Waals surface area contributed by atoms with Gasteiger partial charge >= 0.3 is 0 Å². The number of carbonyl (C=O) groups is 1. The molecule has 1 amide bonds. The molecule has 0 spiro atoms. The van der Waals surface area contributed by atoms with Crippen LogP contribution in [0, 0.1) is 5.41 Å². The Hall–Kier alpha value is -3.94. The molecule has 0 unspecified atom stereocenters. The zero-order valence-electron chi connectivity index (χ0n) is 21.5. The topological polar surface area (TPSA) is 91.2 Å². The molecule has 2 aromatic heterocycles. The first-order valence-electron chi connectivity index (χ1n) is 12.1. The van der Waals surface area contributed by atoms with Gasteiger partial charge < -0.3 is 14.0 Å². The van der Waals surface area contributed by atoms with E-state index in [9.17, 15) is 4.79 Å². The molecule has 0 saturated carbocycles. The second kappa shape index (κ2) is 10.8. The molecule has 4 aromatic rings. The minimum Gasteiger partial charge on any atom is -0.493 e. The molecule has 0 fully saturated rings. The number of ether oxygens (including phenoxy) is 2. The van der Waals surface area contributed by atoms with Crippen molar-refractivity contribution in [2.24, 2.45) is 5.41 Å². The van der Waals surface area contributed by atoms with Gasteiger partial charge in [-0.1, -0.05) is 63.2 Å². The zero-order chi connectivity index (χ0) is 25.7. The van der Waals surface area contributed by atoms with E-state index in [1.165, 1.54) is 0 Å². The first kappa shape index (κ1) is 25.2. The molecule has 4 rings (SSSR count). The van der Waals surface area contributed by atoms with Crippen molar-refractivity contribution >= 4 is 23.0 Å². The van der Waals surface area contributed by atoms with Crippen molar-refractivity contribution < 1.29 is 14.3 Å². The summed E-state index contributed by atoms with van der Waals surface area (Å²) in [6, 6.07) is 17.5. The van der Waals surface area contributed by atoms with E-state index in [0.717, 1.165) is 16.9 Å². The Morgan fingerprint density at radius 3 is 2.36 bits per heavy atom. The fourth-order valence-corrected chi connectivity index (χ4v) is 3.51. The van der Waals surface area contributed by atoms with E-state index in [1.54, 1.807) is 6.33 Å². The van der Waals surface area contributed by atoms with E-state index < -0.39 is 0 Å². The Morgan fingerprint density at radius 1 is 0.972 bits per heavy atom. The van der Waals surface area contributed by atoms with Crippen LogP contribution in [-0.4, -0.2) is 32.0 Å². The minimum absolute atomic E-state index is 0.0911. The molecular formula is C28H33N5O3. The van der Waals surface area contributed by atoms with Gasteiger partial charge in [0.25, 0.3) is 0 Å². The Labute approximate surface area is 211 Å². The van der Waals surface area contributed by atoms with E-state index in [4.69, 9.17) is 9.47 Å². The van der Waals surface area contributed by atoms with Crippen LogP contribution in [0.3, 0.4) is 0 Å². The van der Waals surface area contributed by atoms with E-state index in [-0.39, 0.29) is 36.3 Å². The quantitative estimate of drug-likeness (QED) is 0.331. The number of anilines is 1. The Kier molecular flexibility index (Phi) is 7.52. The van der Waals surface area contributed by atoms with Gasteiger partial charge in [0.15, 0.2) is 11.2 Å². The smallest absolute Gasteiger partial charge is 0.247 e. The summed E-state index contributed by atoms with van der Waals surface area (Å²) < 4.78 is 13.9. The van der Waals surface area contributed by atoms with E-state index >= 15 is 0 Å². The number of hydrogen-bond donors (Lipinski definition) is 1. The minimum atomic E-state index is -0.201. The van der Waals surface area contributed by atoms with Crippen LogP contribution in [0.2, 0.25) is 0 Å². The highest BCUT2D eigenvalue weighted by Crippen LogP contribution is 2.26. The third kappa shape index (κ3) is 6.59. The van der Waals surface area contributed by atoms with Crippen LogP contribution in [-0.2, 0) is 17.8 Å². The Bertz CT molecular complexity index is 1310. The molecular weight excluding hydrogens is 454 g/mol. The van der Waals surface area contributed by atoms with Crippen LogP contribution in [0.25, 0.3) is 11.2 Å². The third-order valence-electron chi connectivity index (χ3n) is 5.38. The number of rotatable bonds is 9. The standard InChI is InChI=1S/C28H33N5O3/c1-19(2)33-18-29-24-25(33)31-27(30-23(34)15-20-9-7-6-8-10-20)32-26(24)35-16-21-11-13-22(14-12-21)36-17-28(3,4)5/h6-14,18-19H,15-17H2,1-5H3,(H,30,31,32,34). The third-order valence-corrected chi connectivity index (χ3v) is 5.38. The van der Waals surface area contributed by atoms with Crippen LogP contribution in [0.4, 0.5) is 5.95 Å². The summed E-state index contributed by atoms with van der Waals surface area (Å²) in [7, 11) is 0. The predicted molar refractivity (Wildman–Crippen MR) is 140 cm³/mol. The highest BCUT2D eigenvalue weighted by atomic mass is 16.5. The van der Waals surface area contributed by atoms with Crippen molar-refractivity contribution in [1.82, 2.24) is 19.5 Å². The number of imidazole rings is 1. The number of nitrogens with zero attached hydrogens (tertiary/aromatic N) is 4. The largest absolute Gasteiger partial charge is 0.493 e. The molecule has 188 valence electrons. The maximum Gasteiger partial charge on any atom is 0.247 e. The van der Waals surface area contributed by atoms with Crippen molar-refractivity contribution in [3.63, 3.8) is 0 Å².